The quantitative estimate of drug-likeness (QED) is 0.428. The van der Waals surface area contributed by atoms with E-state index in [4.69, 9.17) is 14.7 Å². The molecule has 0 fully saturated rings. The van der Waals surface area contributed by atoms with Gasteiger partial charge >= 0.3 is 0 Å². The molecule has 3 aromatic heterocycles. The molecule has 0 aliphatic heterocycles. The number of aromatic nitrogens is 5. The van der Waals surface area contributed by atoms with Gasteiger partial charge in [0, 0.05) is 0 Å². The molecule has 2 N–H and O–H groups in total. The lowest BCUT2D eigenvalue weighted by molar-refractivity contribution is 0.494. The van der Waals surface area contributed by atoms with Gasteiger partial charge < -0.3 is 14.7 Å². The summed E-state index contributed by atoms with van der Waals surface area (Å²) in [7, 11) is 0. The van der Waals surface area contributed by atoms with Gasteiger partial charge in [-0.3, -0.25) is 0 Å². The Bertz CT molecular complexity index is 997. The van der Waals surface area contributed by atoms with Gasteiger partial charge in [-0.05, 0) is 24.3 Å². The first-order valence-corrected chi connectivity index (χ1v) is 8.15. The molecule has 0 radical (unpaired) electrons. The Morgan fingerprint density at radius 2 is 1.96 bits per heavy atom. The lowest BCUT2D eigenvalue weighted by atomic mass is 10.2. The third-order valence-corrected chi connectivity index (χ3v) is 4.23. The Balaban J connectivity index is 1.50. The molecule has 1 aromatic carbocycles. The van der Waals surface area contributed by atoms with Gasteiger partial charge in [-0.25, -0.2) is 9.07 Å². The fraction of sp³-hybridized carbons (Fsp3) is 0.0667. The molecule has 8 nitrogen and oxygen atoms in total. The lowest BCUT2D eigenvalue weighted by Crippen LogP contribution is -2.12. The fourth-order valence-corrected chi connectivity index (χ4v) is 2.83. The number of benzene rings is 1. The van der Waals surface area contributed by atoms with Crippen molar-refractivity contribution in [3.63, 3.8) is 0 Å². The summed E-state index contributed by atoms with van der Waals surface area (Å²) in [6, 6.07) is 9.68. The van der Waals surface area contributed by atoms with E-state index in [0.29, 0.717) is 28.5 Å². The van der Waals surface area contributed by atoms with Crippen LogP contribution in [0.5, 0.6) is 0 Å². The first-order valence-electron chi connectivity index (χ1n) is 7.17. The average Bonchev–Trinajstić information content (AvgIpc) is 3.35. The Morgan fingerprint density at radius 3 is 2.76 bits per heavy atom. The van der Waals surface area contributed by atoms with Crippen LogP contribution in [0.3, 0.4) is 0 Å². The van der Waals surface area contributed by atoms with Gasteiger partial charge in [0.15, 0.2) is 11.6 Å². The van der Waals surface area contributed by atoms with Crippen molar-refractivity contribution in [2.24, 2.45) is 0 Å². The zero-order chi connectivity index (χ0) is 17.2. The lowest BCUT2D eigenvalue weighted by Gasteiger charge is -2.03. The zero-order valence-corrected chi connectivity index (χ0v) is 13.5. The van der Waals surface area contributed by atoms with E-state index in [2.05, 4.69) is 20.4 Å². The van der Waals surface area contributed by atoms with Crippen LogP contribution in [-0.4, -0.2) is 25.1 Å². The van der Waals surface area contributed by atoms with Gasteiger partial charge in [0.1, 0.15) is 5.82 Å². The van der Waals surface area contributed by atoms with Crippen LogP contribution in [0.25, 0.3) is 23.0 Å². The first-order chi connectivity index (χ1) is 12.2. The van der Waals surface area contributed by atoms with E-state index < -0.39 is 5.82 Å². The summed E-state index contributed by atoms with van der Waals surface area (Å²) in [5.41, 5.74) is 0.280. The third-order valence-electron chi connectivity index (χ3n) is 3.30. The molecule has 0 saturated carbocycles. The van der Waals surface area contributed by atoms with Crippen LogP contribution in [0.1, 0.15) is 5.89 Å². The molecular weight excluding hydrogens is 347 g/mol. The van der Waals surface area contributed by atoms with Gasteiger partial charge in [-0.1, -0.05) is 23.9 Å². The van der Waals surface area contributed by atoms with E-state index in [1.807, 2.05) is 0 Å². The molecule has 0 bridgehead atoms. The van der Waals surface area contributed by atoms with Gasteiger partial charge in [0.25, 0.3) is 5.89 Å². The molecule has 0 aliphatic carbocycles. The SMILES string of the molecule is Nn1c(SCc2nnc(-c3ccco3)o2)nnc1-c1ccccc1F. The van der Waals surface area contributed by atoms with Gasteiger partial charge in [-0.2, -0.15) is 0 Å². The number of hydrogen-bond donors (Lipinski definition) is 1. The van der Waals surface area contributed by atoms with Crippen LogP contribution < -0.4 is 5.84 Å². The maximum atomic E-state index is 13.9. The molecular formula is C15H11FN6O2S. The Hall–Kier alpha value is -3.14. The predicted octanol–water partition coefficient (Wildman–Crippen LogP) is 2.73. The second kappa shape index (κ2) is 6.40. The molecule has 0 spiro atoms. The van der Waals surface area contributed by atoms with Crippen molar-refractivity contribution in [3.05, 3.63) is 54.4 Å². The highest BCUT2D eigenvalue weighted by atomic mass is 32.2. The van der Waals surface area contributed by atoms with Crippen molar-refractivity contribution >= 4 is 11.8 Å². The topological polar surface area (TPSA) is 109 Å². The number of furan rings is 1. The van der Waals surface area contributed by atoms with Crippen LogP contribution in [0.15, 0.2) is 56.7 Å². The van der Waals surface area contributed by atoms with Crippen molar-refractivity contribution in [2.45, 2.75) is 10.9 Å². The minimum Gasteiger partial charge on any atom is -0.459 e. The maximum absolute atomic E-state index is 13.9. The molecule has 0 unspecified atom stereocenters. The molecule has 0 saturated heterocycles. The average molecular weight is 358 g/mol. The van der Waals surface area contributed by atoms with Crippen LogP contribution >= 0.6 is 11.8 Å². The molecule has 0 atom stereocenters. The second-order valence-electron chi connectivity index (χ2n) is 4.92. The number of nitrogens with zero attached hydrogens (tertiary/aromatic N) is 5. The van der Waals surface area contributed by atoms with Gasteiger partial charge in [-0.15, -0.1) is 20.4 Å². The fourth-order valence-electron chi connectivity index (χ4n) is 2.14. The summed E-state index contributed by atoms with van der Waals surface area (Å²) in [5.74, 6) is 7.29. The minimum atomic E-state index is -0.418. The molecule has 4 aromatic rings. The molecule has 126 valence electrons. The summed E-state index contributed by atoms with van der Waals surface area (Å²) in [6.45, 7) is 0. The molecule has 25 heavy (non-hydrogen) atoms. The minimum absolute atomic E-state index is 0.238. The van der Waals surface area contributed by atoms with Crippen LogP contribution in [0, 0.1) is 5.82 Å². The highest BCUT2D eigenvalue weighted by Gasteiger charge is 2.17. The van der Waals surface area contributed by atoms with Crippen LogP contribution in [-0.2, 0) is 5.75 Å². The van der Waals surface area contributed by atoms with Crippen LogP contribution in [0.4, 0.5) is 4.39 Å². The molecule has 0 aliphatic rings. The van der Waals surface area contributed by atoms with E-state index in [1.165, 1.54) is 28.8 Å². The van der Waals surface area contributed by atoms with Crippen molar-refractivity contribution in [1.29, 1.82) is 0 Å². The standard InChI is InChI=1S/C15H11FN6O2S/c16-10-5-2-1-4-9(10)13-19-21-15(22(13)17)25-8-12-18-20-14(24-12)11-6-3-7-23-11/h1-7H,8,17H2. The number of rotatable bonds is 5. The maximum Gasteiger partial charge on any atom is 0.283 e. The van der Waals surface area contributed by atoms with E-state index >= 15 is 0 Å². The Morgan fingerprint density at radius 1 is 1.08 bits per heavy atom. The second-order valence-corrected chi connectivity index (χ2v) is 5.87. The van der Waals surface area contributed by atoms with Gasteiger partial charge in [0.05, 0.1) is 17.6 Å². The largest absolute Gasteiger partial charge is 0.459 e. The zero-order valence-electron chi connectivity index (χ0n) is 12.7. The van der Waals surface area contributed by atoms with Gasteiger partial charge in [0.2, 0.25) is 11.0 Å². The van der Waals surface area contributed by atoms with Crippen molar-refractivity contribution in [3.8, 4) is 23.0 Å². The Labute approximate surface area is 144 Å². The van der Waals surface area contributed by atoms with E-state index in [0.717, 1.165) is 0 Å². The summed E-state index contributed by atoms with van der Waals surface area (Å²) >= 11 is 1.25. The first kappa shape index (κ1) is 15.4. The predicted molar refractivity (Wildman–Crippen MR) is 87.1 cm³/mol. The molecule has 4 rings (SSSR count). The highest BCUT2D eigenvalue weighted by molar-refractivity contribution is 7.98. The summed E-state index contributed by atoms with van der Waals surface area (Å²) in [5, 5.41) is 16.2. The Kier molecular flexibility index (Phi) is 3.94. The monoisotopic (exact) mass is 358 g/mol. The van der Waals surface area contributed by atoms with E-state index in [-0.39, 0.29) is 11.4 Å². The molecule has 3 heterocycles. The normalized spacial score (nSPS) is 11.1. The highest BCUT2D eigenvalue weighted by Crippen LogP contribution is 2.26. The molecule has 0 amide bonds. The summed E-state index contributed by atoms with van der Waals surface area (Å²) < 4.78 is 25.8. The number of hydrogen-bond acceptors (Lipinski definition) is 8. The van der Waals surface area contributed by atoms with Crippen LogP contribution in [0.2, 0.25) is 0 Å². The third kappa shape index (κ3) is 2.98. The number of halogens is 1. The van der Waals surface area contributed by atoms with Crippen molar-refractivity contribution < 1.29 is 13.2 Å². The number of nitrogen functional groups attached to an aromatic ring is 1. The summed E-state index contributed by atoms with van der Waals surface area (Å²) in [4.78, 5) is 0. The van der Waals surface area contributed by atoms with E-state index in [1.54, 1.807) is 30.3 Å². The smallest absolute Gasteiger partial charge is 0.283 e. The van der Waals surface area contributed by atoms with E-state index in [9.17, 15) is 4.39 Å². The number of nitrogens with two attached hydrogens (primary N) is 1. The van der Waals surface area contributed by atoms with Crippen molar-refractivity contribution in [2.75, 3.05) is 5.84 Å². The number of thioether (sulfide) groups is 1. The summed E-state index contributed by atoms with van der Waals surface area (Å²) in [6.07, 6.45) is 1.52. The van der Waals surface area contributed by atoms with Crippen molar-refractivity contribution in [1.82, 2.24) is 25.1 Å². The molecule has 10 heteroatoms.